The minimum Gasteiger partial charge on any atom is -0.494 e. The molecule has 1 aliphatic heterocycles. The molecule has 0 unspecified atom stereocenters. The van der Waals surface area contributed by atoms with Crippen LogP contribution in [0.5, 0.6) is 11.5 Å². The Morgan fingerprint density at radius 1 is 1.17 bits per heavy atom. The molecule has 1 aliphatic rings. The van der Waals surface area contributed by atoms with Crippen LogP contribution in [0.2, 0.25) is 0 Å². The first kappa shape index (κ1) is 17.1. The lowest BCUT2D eigenvalue weighted by molar-refractivity contribution is -0.131. The second-order valence-electron chi connectivity index (χ2n) is 5.84. The first-order valence-electron chi connectivity index (χ1n) is 7.51. The van der Waals surface area contributed by atoms with Gasteiger partial charge in [0.2, 0.25) is 0 Å². The Balaban J connectivity index is 1.84. The average molecular weight is 322 g/mol. The SMILES string of the molecule is CCOc1ccc(OC[C@H](O)CN2C(=O)NC(C)(C)C2=O)cc1. The summed E-state index contributed by atoms with van der Waals surface area (Å²) in [5.74, 6) is 0.953. The summed E-state index contributed by atoms with van der Waals surface area (Å²) in [7, 11) is 0. The van der Waals surface area contributed by atoms with Crippen molar-refractivity contribution in [1.82, 2.24) is 10.2 Å². The van der Waals surface area contributed by atoms with Crippen molar-refractivity contribution in [1.29, 1.82) is 0 Å². The van der Waals surface area contributed by atoms with E-state index in [4.69, 9.17) is 9.47 Å². The lowest BCUT2D eigenvalue weighted by Crippen LogP contribution is -2.42. The van der Waals surface area contributed by atoms with Gasteiger partial charge < -0.3 is 19.9 Å². The van der Waals surface area contributed by atoms with Gasteiger partial charge >= 0.3 is 6.03 Å². The number of carbonyl (C=O) groups is 2. The standard InChI is InChI=1S/C16H22N2O5/c1-4-22-12-5-7-13(8-6-12)23-10-11(19)9-18-14(20)16(2,3)17-15(18)21/h5-8,11,19H,4,9-10H2,1-3H3,(H,17,21)/t11-/m1/s1. The molecule has 0 aromatic heterocycles. The first-order chi connectivity index (χ1) is 10.8. The summed E-state index contributed by atoms with van der Waals surface area (Å²) in [6, 6.07) is 6.50. The molecule has 0 spiro atoms. The van der Waals surface area contributed by atoms with Crippen molar-refractivity contribution < 1.29 is 24.2 Å². The maximum absolute atomic E-state index is 12.0. The van der Waals surface area contributed by atoms with Crippen LogP contribution in [0.25, 0.3) is 0 Å². The maximum Gasteiger partial charge on any atom is 0.325 e. The third-order valence-corrected chi connectivity index (χ3v) is 3.41. The van der Waals surface area contributed by atoms with E-state index in [9.17, 15) is 14.7 Å². The molecule has 1 atom stereocenters. The number of β-amino-alcohol motifs (C(OH)–C–C–N with tert-alkyl or cyclic N) is 1. The molecular formula is C16H22N2O5. The predicted octanol–water partition coefficient (Wildman–Crippen LogP) is 1.16. The van der Waals surface area contributed by atoms with E-state index in [1.165, 1.54) is 0 Å². The summed E-state index contributed by atoms with van der Waals surface area (Å²) in [6.07, 6.45) is -0.967. The molecule has 1 heterocycles. The third kappa shape index (κ3) is 4.13. The van der Waals surface area contributed by atoms with Gasteiger partial charge in [-0.15, -0.1) is 0 Å². The Bertz CT molecular complexity index is 570. The van der Waals surface area contributed by atoms with Crippen molar-refractivity contribution in [3.05, 3.63) is 24.3 Å². The van der Waals surface area contributed by atoms with Gasteiger partial charge in [0.05, 0.1) is 13.2 Å². The Hall–Kier alpha value is -2.28. The van der Waals surface area contributed by atoms with E-state index in [-0.39, 0.29) is 19.1 Å². The lowest BCUT2D eigenvalue weighted by Gasteiger charge is -2.19. The minimum absolute atomic E-state index is 0.0224. The molecule has 7 heteroatoms. The number of hydrogen-bond donors (Lipinski definition) is 2. The van der Waals surface area contributed by atoms with Crippen LogP contribution in [0.3, 0.4) is 0 Å². The number of nitrogens with zero attached hydrogens (tertiary/aromatic N) is 1. The van der Waals surface area contributed by atoms with Crippen LogP contribution in [-0.2, 0) is 4.79 Å². The van der Waals surface area contributed by atoms with E-state index in [1.807, 2.05) is 6.92 Å². The fourth-order valence-corrected chi connectivity index (χ4v) is 2.24. The number of amides is 3. The minimum atomic E-state index is -0.967. The highest BCUT2D eigenvalue weighted by molar-refractivity contribution is 6.06. The molecule has 0 aliphatic carbocycles. The molecule has 0 radical (unpaired) electrons. The van der Waals surface area contributed by atoms with Crippen molar-refractivity contribution in [2.45, 2.75) is 32.4 Å². The molecule has 126 valence electrons. The number of urea groups is 1. The van der Waals surface area contributed by atoms with Crippen LogP contribution in [-0.4, -0.2) is 53.3 Å². The van der Waals surface area contributed by atoms with Crippen LogP contribution >= 0.6 is 0 Å². The average Bonchev–Trinajstić information content (AvgIpc) is 2.69. The van der Waals surface area contributed by atoms with Gasteiger partial charge in [0.15, 0.2) is 0 Å². The fourth-order valence-electron chi connectivity index (χ4n) is 2.24. The Labute approximate surface area is 135 Å². The largest absolute Gasteiger partial charge is 0.494 e. The molecule has 2 N–H and O–H groups in total. The number of hydrogen-bond acceptors (Lipinski definition) is 5. The molecule has 23 heavy (non-hydrogen) atoms. The molecule has 1 fully saturated rings. The van der Waals surface area contributed by atoms with E-state index in [1.54, 1.807) is 38.1 Å². The van der Waals surface area contributed by atoms with Crippen molar-refractivity contribution >= 4 is 11.9 Å². The molecule has 3 amide bonds. The number of rotatable bonds is 7. The number of carbonyl (C=O) groups excluding carboxylic acids is 2. The van der Waals surface area contributed by atoms with Gasteiger partial charge in [-0.1, -0.05) is 0 Å². The predicted molar refractivity (Wildman–Crippen MR) is 83.4 cm³/mol. The topological polar surface area (TPSA) is 88.1 Å². The monoisotopic (exact) mass is 322 g/mol. The van der Waals surface area contributed by atoms with Gasteiger partial charge in [-0.05, 0) is 45.0 Å². The Kier molecular flexibility index (Phi) is 5.10. The Morgan fingerprint density at radius 2 is 1.74 bits per heavy atom. The highest BCUT2D eigenvalue weighted by Crippen LogP contribution is 2.19. The summed E-state index contributed by atoms with van der Waals surface area (Å²) in [5, 5.41) is 12.6. The van der Waals surface area contributed by atoms with Crippen LogP contribution in [0.4, 0.5) is 4.79 Å². The summed E-state index contributed by atoms with van der Waals surface area (Å²) in [5.41, 5.74) is -0.938. The zero-order valence-corrected chi connectivity index (χ0v) is 13.5. The number of benzene rings is 1. The number of imide groups is 1. The second-order valence-corrected chi connectivity index (χ2v) is 5.84. The zero-order chi connectivity index (χ0) is 17.0. The summed E-state index contributed by atoms with van der Waals surface area (Å²) >= 11 is 0. The summed E-state index contributed by atoms with van der Waals surface area (Å²) in [6.45, 7) is 5.60. The van der Waals surface area contributed by atoms with Crippen LogP contribution in [0.15, 0.2) is 24.3 Å². The molecule has 0 saturated carbocycles. The molecule has 2 rings (SSSR count). The fraction of sp³-hybridized carbons (Fsp3) is 0.500. The van der Waals surface area contributed by atoms with E-state index < -0.39 is 17.7 Å². The van der Waals surface area contributed by atoms with Gasteiger partial charge in [-0.3, -0.25) is 9.69 Å². The molecule has 1 aromatic rings. The van der Waals surface area contributed by atoms with E-state index in [2.05, 4.69) is 5.32 Å². The van der Waals surface area contributed by atoms with Gasteiger partial charge in [0.25, 0.3) is 5.91 Å². The second kappa shape index (κ2) is 6.87. The number of aliphatic hydroxyl groups is 1. The van der Waals surface area contributed by atoms with Crippen LogP contribution < -0.4 is 14.8 Å². The third-order valence-electron chi connectivity index (χ3n) is 3.41. The molecule has 0 bridgehead atoms. The number of nitrogens with one attached hydrogen (secondary N) is 1. The molecule has 1 aromatic carbocycles. The van der Waals surface area contributed by atoms with Crippen LogP contribution in [0, 0.1) is 0 Å². The number of ether oxygens (including phenoxy) is 2. The molecular weight excluding hydrogens is 300 g/mol. The summed E-state index contributed by atoms with van der Waals surface area (Å²) in [4.78, 5) is 24.8. The quantitative estimate of drug-likeness (QED) is 0.735. The van der Waals surface area contributed by atoms with Gasteiger partial charge in [-0.2, -0.15) is 0 Å². The van der Waals surface area contributed by atoms with E-state index in [0.717, 1.165) is 10.6 Å². The van der Waals surface area contributed by atoms with E-state index >= 15 is 0 Å². The van der Waals surface area contributed by atoms with Gasteiger partial charge in [0.1, 0.15) is 29.7 Å². The lowest BCUT2D eigenvalue weighted by atomic mass is 10.1. The van der Waals surface area contributed by atoms with Crippen molar-refractivity contribution in [3.63, 3.8) is 0 Å². The Morgan fingerprint density at radius 3 is 2.22 bits per heavy atom. The van der Waals surface area contributed by atoms with Crippen molar-refractivity contribution in [2.75, 3.05) is 19.8 Å². The highest BCUT2D eigenvalue weighted by atomic mass is 16.5. The van der Waals surface area contributed by atoms with Crippen molar-refractivity contribution in [2.24, 2.45) is 0 Å². The van der Waals surface area contributed by atoms with Gasteiger partial charge in [-0.25, -0.2) is 4.79 Å². The normalized spacial score (nSPS) is 17.8. The van der Waals surface area contributed by atoms with Gasteiger partial charge in [0, 0.05) is 0 Å². The first-order valence-corrected chi connectivity index (χ1v) is 7.51. The smallest absolute Gasteiger partial charge is 0.325 e. The van der Waals surface area contributed by atoms with E-state index in [0.29, 0.717) is 12.4 Å². The summed E-state index contributed by atoms with van der Waals surface area (Å²) < 4.78 is 10.8. The zero-order valence-electron chi connectivity index (χ0n) is 13.5. The van der Waals surface area contributed by atoms with Crippen molar-refractivity contribution in [3.8, 4) is 11.5 Å². The number of aliphatic hydroxyl groups excluding tert-OH is 1. The highest BCUT2D eigenvalue weighted by Gasteiger charge is 2.44. The molecule has 7 nitrogen and oxygen atoms in total. The maximum atomic E-state index is 12.0. The molecule has 1 saturated heterocycles. The van der Waals surface area contributed by atoms with Crippen LogP contribution in [0.1, 0.15) is 20.8 Å².